The molecule has 0 N–H and O–H groups in total. The predicted octanol–water partition coefficient (Wildman–Crippen LogP) is 2.37. The van der Waals surface area contributed by atoms with Crippen LogP contribution in [-0.2, 0) is 9.47 Å². The van der Waals surface area contributed by atoms with Crippen LogP contribution >= 0.6 is 23.2 Å². The first-order chi connectivity index (χ1) is 6.09. The normalized spacial score (nSPS) is 25.1. The molecule has 6 heteroatoms. The maximum absolute atomic E-state index is 10.2. The number of rotatable bonds is 4. The Balaban J connectivity index is 2.02. The lowest BCUT2D eigenvalue weighted by molar-refractivity contribution is 0.150. The molecule has 0 radical (unpaired) electrons. The summed E-state index contributed by atoms with van der Waals surface area (Å²) in [5, 5.41) is 0. The summed E-state index contributed by atoms with van der Waals surface area (Å²) in [4.78, 5) is 20.4. The number of hydrogen-bond donors (Lipinski definition) is 0. The molecule has 74 valence electrons. The molecule has 4 nitrogen and oxygen atoms in total. The zero-order valence-electron chi connectivity index (χ0n) is 6.66. The fraction of sp³-hybridized carbons (Fsp3) is 0.714. The zero-order chi connectivity index (χ0) is 9.84. The molecule has 1 fully saturated rings. The third kappa shape index (κ3) is 4.33. The molecule has 0 saturated heterocycles. The molecule has 0 heterocycles. The van der Waals surface area contributed by atoms with Gasteiger partial charge in [0.15, 0.2) is 0 Å². The summed E-state index contributed by atoms with van der Waals surface area (Å²) in [7, 11) is 0. The summed E-state index contributed by atoms with van der Waals surface area (Å²) in [5.41, 5.74) is -1.61. The Morgan fingerprint density at radius 2 is 1.46 bits per heavy atom. The van der Waals surface area contributed by atoms with E-state index in [1.54, 1.807) is 0 Å². The second-order valence-corrected chi connectivity index (χ2v) is 3.47. The number of carbonyl (C=O) groups is 2. The summed E-state index contributed by atoms with van der Waals surface area (Å²) >= 11 is 9.91. The topological polar surface area (TPSA) is 52.6 Å². The van der Waals surface area contributed by atoms with E-state index >= 15 is 0 Å². The lowest BCUT2D eigenvalue weighted by Crippen LogP contribution is -2.04. The molecule has 0 aromatic rings. The zero-order valence-corrected chi connectivity index (χ0v) is 8.18. The van der Waals surface area contributed by atoms with Gasteiger partial charge in [0, 0.05) is 23.2 Å². The van der Waals surface area contributed by atoms with Crippen molar-refractivity contribution >= 4 is 34.1 Å². The molecule has 0 bridgehead atoms. The van der Waals surface area contributed by atoms with Gasteiger partial charge < -0.3 is 9.47 Å². The number of carbonyl (C=O) groups excluding carboxylic acids is 2. The second-order valence-electron chi connectivity index (χ2n) is 2.85. The Morgan fingerprint density at radius 3 is 1.77 bits per heavy atom. The van der Waals surface area contributed by atoms with Crippen LogP contribution in [0.3, 0.4) is 0 Å². The lowest BCUT2D eigenvalue weighted by atomic mass is 10.3. The van der Waals surface area contributed by atoms with Crippen molar-refractivity contribution in [1.82, 2.24) is 0 Å². The van der Waals surface area contributed by atoms with E-state index < -0.39 is 10.9 Å². The van der Waals surface area contributed by atoms with Crippen LogP contribution in [0.2, 0.25) is 0 Å². The Bertz CT molecular complexity index is 197. The predicted molar refractivity (Wildman–Crippen MR) is 46.0 cm³/mol. The van der Waals surface area contributed by atoms with E-state index in [2.05, 4.69) is 9.47 Å². The molecule has 0 aromatic carbocycles. The molecule has 1 aliphatic carbocycles. The highest BCUT2D eigenvalue weighted by atomic mass is 35.5. The van der Waals surface area contributed by atoms with Crippen LogP contribution in [0.25, 0.3) is 0 Å². The van der Waals surface area contributed by atoms with Gasteiger partial charge in [0.05, 0.1) is 13.2 Å². The average molecular weight is 227 g/mol. The standard InChI is InChI=1S/C7H8Cl2O4/c8-6(10)12-2-4-1-5(4)3-13-7(9)11/h4-5H,1-3H2/t4-,5-/m1/s1. The molecule has 0 aromatic heterocycles. The van der Waals surface area contributed by atoms with E-state index in [-0.39, 0.29) is 25.0 Å². The van der Waals surface area contributed by atoms with Crippen LogP contribution in [0.4, 0.5) is 9.59 Å². The van der Waals surface area contributed by atoms with Gasteiger partial charge in [-0.15, -0.1) is 0 Å². The van der Waals surface area contributed by atoms with Crippen molar-refractivity contribution in [2.45, 2.75) is 6.42 Å². The number of hydrogen-bond acceptors (Lipinski definition) is 4. The highest BCUT2D eigenvalue weighted by Crippen LogP contribution is 2.38. The van der Waals surface area contributed by atoms with E-state index in [4.69, 9.17) is 23.2 Å². The Labute approximate surface area is 85.1 Å². The van der Waals surface area contributed by atoms with Gasteiger partial charge in [0.25, 0.3) is 0 Å². The molecule has 13 heavy (non-hydrogen) atoms. The summed E-state index contributed by atoms with van der Waals surface area (Å²) in [5.74, 6) is 0.498. The monoisotopic (exact) mass is 226 g/mol. The van der Waals surface area contributed by atoms with Crippen molar-refractivity contribution in [3.63, 3.8) is 0 Å². The molecule has 1 saturated carbocycles. The minimum absolute atomic E-state index is 0.249. The molecule has 0 aliphatic heterocycles. The van der Waals surface area contributed by atoms with Crippen molar-refractivity contribution < 1.29 is 19.1 Å². The third-order valence-corrected chi connectivity index (χ3v) is 2.11. The van der Waals surface area contributed by atoms with Crippen molar-refractivity contribution in [3.8, 4) is 0 Å². The maximum atomic E-state index is 10.2. The van der Waals surface area contributed by atoms with Crippen LogP contribution in [0.5, 0.6) is 0 Å². The third-order valence-electron chi connectivity index (χ3n) is 1.89. The van der Waals surface area contributed by atoms with E-state index in [1.807, 2.05) is 0 Å². The molecule has 0 spiro atoms. The van der Waals surface area contributed by atoms with Gasteiger partial charge >= 0.3 is 10.9 Å². The molecular formula is C7H8Cl2O4. The Hall–Kier alpha value is -0.480. The van der Waals surface area contributed by atoms with Crippen LogP contribution < -0.4 is 0 Å². The first-order valence-corrected chi connectivity index (χ1v) is 4.49. The smallest absolute Gasteiger partial charge is 0.403 e. The number of halogens is 2. The largest absolute Gasteiger partial charge is 0.453 e. The molecule has 1 aliphatic rings. The fourth-order valence-corrected chi connectivity index (χ4v) is 1.19. The quantitative estimate of drug-likeness (QED) is 0.691. The van der Waals surface area contributed by atoms with Gasteiger partial charge in [0.1, 0.15) is 0 Å². The minimum Gasteiger partial charge on any atom is -0.453 e. The van der Waals surface area contributed by atoms with E-state index in [9.17, 15) is 9.59 Å². The van der Waals surface area contributed by atoms with Gasteiger partial charge in [-0.3, -0.25) is 0 Å². The number of ether oxygens (including phenoxy) is 2. The minimum atomic E-state index is -0.806. The highest BCUT2D eigenvalue weighted by Gasteiger charge is 2.38. The van der Waals surface area contributed by atoms with Crippen LogP contribution in [0.1, 0.15) is 6.42 Å². The summed E-state index contributed by atoms with van der Waals surface area (Å²) in [6, 6.07) is 0. The average Bonchev–Trinajstić information content (AvgIpc) is 2.76. The first kappa shape index (κ1) is 10.6. The van der Waals surface area contributed by atoms with E-state index in [0.717, 1.165) is 6.42 Å². The molecule has 2 atom stereocenters. The second kappa shape index (κ2) is 4.67. The molecular weight excluding hydrogens is 219 g/mol. The Kier molecular flexibility index (Phi) is 3.81. The maximum Gasteiger partial charge on any atom is 0.403 e. The van der Waals surface area contributed by atoms with Gasteiger partial charge in [-0.1, -0.05) is 0 Å². The lowest BCUT2D eigenvalue weighted by Gasteiger charge is -1.99. The van der Waals surface area contributed by atoms with Crippen molar-refractivity contribution in [1.29, 1.82) is 0 Å². The summed E-state index contributed by atoms with van der Waals surface area (Å²) in [6.07, 6.45) is 0.869. The van der Waals surface area contributed by atoms with Crippen LogP contribution in [0.15, 0.2) is 0 Å². The van der Waals surface area contributed by atoms with Gasteiger partial charge in [-0.05, 0) is 18.3 Å². The molecule has 0 amide bonds. The van der Waals surface area contributed by atoms with E-state index in [1.165, 1.54) is 0 Å². The fourth-order valence-electron chi connectivity index (χ4n) is 1.06. The summed E-state index contributed by atoms with van der Waals surface area (Å²) < 4.78 is 9.11. The van der Waals surface area contributed by atoms with E-state index in [0.29, 0.717) is 0 Å². The Morgan fingerprint density at radius 1 is 1.08 bits per heavy atom. The van der Waals surface area contributed by atoms with Gasteiger partial charge in [-0.2, -0.15) is 0 Å². The molecule has 1 rings (SSSR count). The van der Waals surface area contributed by atoms with Crippen LogP contribution in [-0.4, -0.2) is 24.1 Å². The van der Waals surface area contributed by atoms with Crippen LogP contribution in [0, 0.1) is 11.8 Å². The van der Waals surface area contributed by atoms with Gasteiger partial charge in [0.2, 0.25) is 0 Å². The first-order valence-electron chi connectivity index (χ1n) is 3.74. The van der Waals surface area contributed by atoms with Crippen molar-refractivity contribution in [2.75, 3.05) is 13.2 Å². The SMILES string of the molecule is O=C(Cl)OC[C@H]1C[C@@H]1COC(=O)Cl. The van der Waals surface area contributed by atoms with Crippen molar-refractivity contribution in [3.05, 3.63) is 0 Å². The van der Waals surface area contributed by atoms with Gasteiger partial charge in [-0.25, -0.2) is 9.59 Å². The summed E-state index contributed by atoms with van der Waals surface area (Å²) in [6.45, 7) is 0.569. The van der Waals surface area contributed by atoms with Crippen molar-refractivity contribution in [2.24, 2.45) is 11.8 Å². The highest BCUT2D eigenvalue weighted by molar-refractivity contribution is 6.61. The molecule has 0 unspecified atom stereocenters.